The van der Waals surface area contributed by atoms with Gasteiger partial charge in [0, 0.05) is 42.0 Å². The van der Waals surface area contributed by atoms with E-state index in [0.717, 1.165) is 61.0 Å². The van der Waals surface area contributed by atoms with Crippen LogP contribution in [0.25, 0.3) is 0 Å². The molecule has 6 nitrogen and oxygen atoms in total. The zero-order chi connectivity index (χ0) is 20.9. The van der Waals surface area contributed by atoms with Crippen LogP contribution in [-0.2, 0) is 13.2 Å². The predicted octanol–water partition coefficient (Wildman–Crippen LogP) is 3.74. The van der Waals surface area contributed by atoms with Crippen molar-refractivity contribution in [1.29, 1.82) is 0 Å². The summed E-state index contributed by atoms with van der Waals surface area (Å²) in [5.74, 6) is 1.95. The molecule has 6 heteroatoms. The molecular weight excluding hydrogens is 376 g/mol. The van der Waals surface area contributed by atoms with Crippen LogP contribution < -0.4 is 10.3 Å². The van der Waals surface area contributed by atoms with Crippen molar-refractivity contribution >= 4 is 0 Å². The Morgan fingerprint density at radius 1 is 1.17 bits per heavy atom. The first-order valence-electron chi connectivity index (χ1n) is 10.5. The second kappa shape index (κ2) is 9.22. The van der Waals surface area contributed by atoms with E-state index in [1.54, 1.807) is 6.20 Å². The maximum atomic E-state index is 12.2. The molecule has 1 atom stereocenters. The standard InChI is InChI=1S/C24H28N4O2/c1-17-18(2)26-23(27-24(17)29)20-9-7-13-28(15-20)14-19-8-3-4-11-22(19)30-16-21-10-5-6-12-25-21/h3-6,8,10-12,20H,7,9,13-16H2,1-2H3,(H,26,27,29). The van der Waals surface area contributed by atoms with E-state index in [9.17, 15) is 4.79 Å². The number of para-hydroxylation sites is 1. The van der Waals surface area contributed by atoms with Crippen molar-refractivity contribution in [1.82, 2.24) is 19.9 Å². The fourth-order valence-corrected chi connectivity index (χ4v) is 3.93. The van der Waals surface area contributed by atoms with Gasteiger partial charge in [0.15, 0.2) is 0 Å². The Hall–Kier alpha value is -2.99. The number of hydrogen-bond donors (Lipinski definition) is 1. The van der Waals surface area contributed by atoms with Crippen LogP contribution in [0.1, 0.15) is 47.1 Å². The summed E-state index contributed by atoms with van der Waals surface area (Å²) < 4.78 is 6.07. The highest BCUT2D eigenvalue weighted by atomic mass is 16.5. The second-order valence-corrected chi connectivity index (χ2v) is 7.95. The summed E-state index contributed by atoms with van der Waals surface area (Å²) in [6.45, 7) is 6.89. The molecule has 3 aromatic rings. The first-order chi connectivity index (χ1) is 14.6. The van der Waals surface area contributed by atoms with Gasteiger partial charge in [-0.15, -0.1) is 0 Å². The largest absolute Gasteiger partial charge is 0.487 e. The zero-order valence-electron chi connectivity index (χ0n) is 17.6. The molecule has 1 aromatic carbocycles. The van der Waals surface area contributed by atoms with E-state index >= 15 is 0 Å². The lowest BCUT2D eigenvalue weighted by atomic mass is 9.96. The van der Waals surface area contributed by atoms with Gasteiger partial charge in [-0.25, -0.2) is 4.98 Å². The number of rotatable bonds is 6. The minimum absolute atomic E-state index is 0.0251. The Balaban J connectivity index is 1.45. The third kappa shape index (κ3) is 4.76. The third-order valence-corrected chi connectivity index (χ3v) is 5.77. The van der Waals surface area contributed by atoms with Gasteiger partial charge in [0.05, 0.1) is 5.69 Å². The van der Waals surface area contributed by atoms with Crippen molar-refractivity contribution in [2.45, 2.75) is 45.8 Å². The van der Waals surface area contributed by atoms with Gasteiger partial charge in [0.1, 0.15) is 18.2 Å². The first-order valence-corrected chi connectivity index (χ1v) is 10.5. The minimum Gasteiger partial charge on any atom is -0.487 e. The van der Waals surface area contributed by atoms with Crippen LogP contribution in [0.15, 0.2) is 53.5 Å². The van der Waals surface area contributed by atoms with Crippen LogP contribution in [0.3, 0.4) is 0 Å². The summed E-state index contributed by atoms with van der Waals surface area (Å²) in [5.41, 5.74) is 3.57. The number of hydrogen-bond acceptors (Lipinski definition) is 5. The minimum atomic E-state index is -0.0251. The molecular formula is C24H28N4O2. The maximum Gasteiger partial charge on any atom is 0.254 e. The number of aromatic amines is 1. The lowest BCUT2D eigenvalue weighted by molar-refractivity contribution is 0.192. The molecule has 4 rings (SSSR count). The molecule has 1 saturated heterocycles. The van der Waals surface area contributed by atoms with Gasteiger partial charge in [0.2, 0.25) is 0 Å². The molecule has 1 aliphatic rings. The van der Waals surface area contributed by atoms with Gasteiger partial charge >= 0.3 is 0 Å². The summed E-state index contributed by atoms with van der Waals surface area (Å²) in [7, 11) is 0. The number of ether oxygens (including phenoxy) is 1. The van der Waals surface area contributed by atoms with Gasteiger partial charge in [-0.1, -0.05) is 24.3 Å². The number of likely N-dealkylation sites (tertiary alicyclic amines) is 1. The van der Waals surface area contributed by atoms with Crippen LogP contribution in [0.4, 0.5) is 0 Å². The van der Waals surface area contributed by atoms with E-state index in [1.807, 2.05) is 50.2 Å². The monoisotopic (exact) mass is 404 g/mol. The average molecular weight is 405 g/mol. The summed E-state index contributed by atoms with van der Waals surface area (Å²) in [5, 5.41) is 0. The number of aryl methyl sites for hydroxylation is 1. The molecule has 1 N–H and O–H groups in total. The quantitative estimate of drug-likeness (QED) is 0.678. The van der Waals surface area contributed by atoms with Gasteiger partial charge in [-0.3, -0.25) is 14.7 Å². The Kier molecular flexibility index (Phi) is 6.23. The van der Waals surface area contributed by atoms with E-state index in [-0.39, 0.29) is 11.5 Å². The lowest BCUT2D eigenvalue weighted by Crippen LogP contribution is -2.35. The van der Waals surface area contributed by atoms with Gasteiger partial charge < -0.3 is 9.72 Å². The topological polar surface area (TPSA) is 71.1 Å². The SMILES string of the molecule is Cc1nc(C2CCCN(Cc3ccccc3OCc3ccccn3)C2)[nH]c(=O)c1C. The number of H-pyrrole nitrogens is 1. The number of aromatic nitrogens is 3. The highest BCUT2D eigenvalue weighted by Crippen LogP contribution is 2.28. The molecule has 1 aliphatic heterocycles. The maximum absolute atomic E-state index is 12.2. The van der Waals surface area contributed by atoms with E-state index in [4.69, 9.17) is 4.74 Å². The highest BCUT2D eigenvalue weighted by molar-refractivity contribution is 5.33. The third-order valence-electron chi connectivity index (χ3n) is 5.77. The lowest BCUT2D eigenvalue weighted by Gasteiger charge is -2.32. The Morgan fingerprint density at radius 2 is 2.00 bits per heavy atom. The van der Waals surface area contributed by atoms with Crippen LogP contribution >= 0.6 is 0 Å². The number of piperidine rings is 1. The van der Waals surface area contributed by atoms with Crippen LogP contribution in [0.5, 0.6) is 5.75 Å². The van der Waals surface area contributed by atoms with Gasteiger partial charge in [-0.2, -0.15) is 0 Å². The Morgan fingerprint density at radius 3 is 2.80 bits per heavy atom. The molecule has 0 spiro atoms. The second-order valence-electron chi connectivity index (χ2n) is 7.95. The Labute approximate surface area is 177 Å². The van der Waals surface area contributed by atoms with Crippen molar-refractivity contribution in [3.05, 3.63) is 87.4 Å². The smallest absolute Gasteiger partial charge is 0.254 e. The van der Waals surface area contributed by atoms with E-state index in [0.29, 0.717) is 12.2 Å². The zero-order valence-corrected chi connectivity index (χ0v) is 17.6. The summed E-state index contributed by atoms with van der Waals surface area (Å²) in [4.78, 5) is 26.6. The Bertz CT molecular complexity index is 1050. The number of pyridine rings is 1. The molecule has 0 radical (unpaired) electrons. The number of nitrogens with one attached hydrogen (secondary N) is 1. The van der Waals surface area contributed by atoms with Crippen molar-refractivity contribution < 1.29 is 4.74 Å². The van der Waals surface area contributed by atoms with Gasteiger partial charge in [0.25, 0.3) is 5.56 Å². The van der Waals surface area contributed by atoms with Crippen molar-refractivity contribution in [3.63, 3.8) is 0 Å². The number of benzene rings is 1. The molecule has 3 heterocycles. The molecule has 2 aromatic heterocycles. The first kappa shape index (κ1) is 20.3. The summed E-state index contributed by atoms with van der Waals surface area (Å²) in [6.07, 6.45) is 3.90. The van der Waals surface area contributed by atoms with Crippen LogP contribution in [0, 0.1) is 13.8 Å². The molecule has 30 heavy (non-hydrogen) atoms. The fourth-order valence-electron chi connectivity index (χ4n) is 3.93. The summed E-state index contributed by atoms with van der Waals surface area (Å²) >= 11 is 0. The van der Waals surface area contributed by atoms with E-state index < -0.39 is 0 Å². The molecule has 0 saturated carbocycles. The molecule has 1 fully saturated rings. The molecule has 0 aliphatic carbocycles. The molecule has 156 valence electrons. The van der Waals surface area contributed by atoms with Crippen molar-refractivity contribution in [3.8, 4) is 5.75 Å². The fraction of sp³-hybridized carbons (Fsp3) is 0.375. The summed E-state index contributed by atoms with van der Waals surface area (Å²) in [6, 6.07) is 14.0. The number of nitrogens with zero attached hydrogens (tertiary/aromatic N) is 3. The van der Waals surface area contributed by atoms with Crippen molar-refractivity contribution in [2.75, 3.05) is 13.1 Å². The van der Waals surface area contributed by atoms with Crippen LogP contribution in [0.2, 0.25) is 0 Å². The normalized spacial score (nSPS) is 17.1. The van der Waals surface area contributed by atoms with Crippen LogP contribution in [-0.4, -0.2) is 32.9 Å². The molecule has 0 amide bonds. The predicted molar refractivity (Wildman–Crippen MR) is 117 cm³/mol. The van der Waals surface area contributed by atoms with Crippen molar-refractivity contribution in [2.24, 2.45) is 0 Å². The van der Waals surface area contributed by atoms with Gasteiger partial charge in [-0.05, 0) is 51.4 Å². The van der Waals surface area contributed by atoms with E-state index in [2.05, 4.69) is 25.9 Å². The molecule has 1 unspecified atom stereocenters. The average Bonchev–Trinajstić information content (AvgIpc) is 2.77. The van der Waals surface area contributed by atoms with E-state index in [1.165, 1.54) is 0 Å². The molecule has 0 bridgehead atoms. The highest BCUT2D eigenvalue weighted by Gasteiger charge is 2.24.